The summed E-state index contributed by atoms with van der Waals surface area (Å²) in [5, 5.41) is 22.2. The molecule has 1 heterocycles. The molecule has 2 aromatic rings. The number of nitrogens with one attached hydrogen (secondary N) is 1. The number of ether oxygens (including phenoxy) is 1. The largest absolute Gasteiger partial charge is 0.480 e. The van der Waals surface area contributed by atoms with Crippen LogP contribution in [-0.4, -0.2) is 64.9 Å². The SMILES string of the molecule is O=C(NCC(C(=O)N1C[C@@H](O)C[C@H]1C(=O)O)C1CCC1)OCC1c2ccccc2-c2ccccc21. The summed E-state index contributed by atoms with van der Waals surface area (Å²) < 4.78 is 5.59. The predicted molar refractivity (Wildman–Crippen MR) is 128 cm³/mol. The van der Waals surface area contributed by atoms with E-state index in [0.717, 1.165) is 41.5 Å². The highest BCUT2D eigenvalue weighted by molar-refractivity contribution is 5.86. The second kappa shape index (κ2) is 9.70. The van der Waals surface area contributed by atoms with Crippen LogP contribution in [0.25, 0.3) is 11.1 Å². The summed E-state index contributed by atoms with van der Waals surface area (Å²) in [5.74, 6) is -1.94. The van der Waals surface area contributed by atoms with E-state index >= 15 is 0 Å². The van der Waals surface area contributed by atoms with Gasteiger partial charge in [-0.15, -0.1) is 0 Å². The minimum atomic E-state index is -1.12. The number of alkyl carbamates (subject to hydrolysis) is 1. The maximum absolute atomic E-state index is 13.3. The van der Waals surface area contributed by atoms with Gasteiger partial charge in [-0.1, -0.05) is 55.0 Å². The number of hydrogen-bond donors (Lipinski definition) is 3. The van der Waals surface area contributed by atoms with E-state index in [1.54, 1.807) is 0 Å². The molecular formula is C27H30N2O6. The van der Waals surface area contributed by atoms with Gasteiger partial charge in [-0.25, -0.2) is 9.59 Å². The third-order valence-corrected chi connectivity index (χ3v) is 7.69. The molecule has 5 rings (SSSR count). The molecule has 1 aliphatic heterocycles. The van der Waals surface area contributed by atoms with Gasteiger partial charge in [0, 0.05) is 25.4 Å². The molecule has 8 heteroatoms. The predicted octanol–water partition coefficient (Wildman–Crippen LogP) is 2.99. The first kappa shape index (κ1) is 23.4. The fraction of sp³-hybridized carbons (Fsp3) is 0.444. The molecule has 1 unspecified atom stereocenters. The number of nitrogens with zero attached hydrogens (tertiary/aromatic N) is 1. The molecule has 2 aromatic carbocycles. The molecule has 8 nitrogen and oxygen atoms in total. The second-order valence-electron chi connectivity index (χ2n) is 9.74. The smallest absolute Gasteiger partial charge is 0.407 e. The number of likely N-dealkylation sites (tertiary alicyclic amines) is 1. The molecule has 1 saturated heterocycles. The van der Waals surface area contributed by atoms with Gasteiger partial charge in [0.05, 0.1) is 12.0 Å². The van der Waals surface area contributed by atoms with E-state index in [2.05, 4.69) is 29.6 Å². The Morgan fingerprint density at radius 3 is 2.23 bits per heavy atom. The fourth-order valence-corrected chi connectivity index (χ4v) is 5.65. The molecule has 3 aliphatic rings. The standard InChI is InChI=1S/C27H30N2O6/c30-17-12-24(26(32)33)29(14-17)25(31)22(16-6-5-7-16)13-28-27(34)35-15-23-20-10-3-1-8-18(20)19-9-2-4-11-21(19)23/h1-4,8-11,16-17,22-24,30H,5-7,12-15H2,(H,28,34)(H,32,33)/t17-,22?,24-/m0/s1. The summed E-state index contributed by atoms with van der Waals surface area (Å²) in [6.07, 6.45) is 1.30. The highest BCUT2D eigenvalue weighted by Crippen LogP contribution is 2.44. The number of carboxylic acids is 1. The highest BCUT2D eigenvalue weighted by Gasteiger charge is 2.44. The Kier molecular flexibility index (Phi) is 6.47. The third kappa shape index (κ3) is 4.50. The van der Waals surface area contributed by atoms with Crippen molar-refractivity contribution in [2.75, 3.05) is 19.7 Å². The summed E-state index contributed by atoms with van der Waals surface area (Å²) in [4.78, 5) is 38.7. The molecule has 0 radical (unpaired) electrons. The number of benzene rings is 2. The normalized spacial score (nSPS) is 22.1. The summed E-state index contributed by atoms with van der Waals surface area (Å²) in [6.45, 7) is 0.268. The van der Waals surface area contributed by atoms with Gasteiger partial charge in [0.2, 0.25) is 5.91 Å². The zero-order chi connectivity index (χ0) is 24.5. The topological polar surface area (TPSA) is 116 Å². The first-order chi connectivity index (χ1) is 16.9. The lowest BCUT2D eigenvalue weighted by Crippen LogP contribution is -2.49. The van der Waals surface area contributed by atoms with Gasteiger partial charge >= 0.3 is 12.1 Å². The molecular weight excluding hydrogens is 448 g/mol. The quantitative estimate of drug-likeness (QED) is 0.563. The van der Waals surface area contributed by atoms with Crippen LogP contribution in [0, 0.1) is 11.8 Å². The average Bonchev–Trinajstić information content (AvgIpc) is 3.37. The van der Waals surface area contributed by atoms with Crippen molar-refractivity contribution in [2.45, 2.75) is 43.7 Å². The van der Waals surface area contributed by atoms with E-state index in [1.807, 2.05) is 24.3 Å². The van der Waals surface area contributed by atoms with Crippen molar-refractivity contribution >= 4 is 18.0 Å². The van der Waals surface area contributed by atoms with E-state index in [-0.39, 0.29) is 43.9 Å². The van der Waals surface area contributed by atoms with Crippen molar-refractivity contribution in [2.24, 2.45) is 11.8 Å². The number of carbonyl (C=O) groups excluding carboxylic acids is 2. The van der Waals surface area contributed by atoms with E-state index < -0.39 is 30.1 Å². The number of hydrogen-bond acceptors (Lipinski definition) is 5. The minimum Gasteiger partial charge on any atom is -0.480 e. The summed E-state index contributed by atoms with van der Waals surface area (Å²) in [6, 6.07) is 15.2. The Morgan fingerprint density at radius 1 is 1.03 bits per heavy atom. The summed E-state index contributed by atoms with van der Waals surface area (Å²) in [7, 11) is 0. The van der Waals surface area contributed by atoms with Crippen LogP contribution in [0.2, 0.25) is 0 Å². The third-order valence-electron chi connectivity index (χ3n) is 7.69. The lowest BCUT2D eigenvalue weighted by atomic mass is 9.75. The lowest BCUT2D eigenvalue weighted by molar-refractivity contribution is -0.151. The van der Waals surface area contributed by atoms with Crippen LogP contribution in [-0.2, 0) is 14.3 Å². The van der Waals surface area contributed by atoms with Gasteiger partial charge in [-0.05, 0) is 41.0 Å². The van der Waals surface area contributed by atoms with E-state index in [1.165, 1.54) is 4.90 Å². The molecule has 1 saturated carbocycles. The molecule has 0 bridgehead atoms. The monoisotopic (exact) mass is 478 g/mol. The van der Waals surface area contributed by atoms with Crippen LogP contribution in [0.4, 0.5) is 4.79 Å². The Bertz CT molecular complexity index is 1080. The molecule has 3 atom stereocenters. The zero-order valence-corrected chi connectivity index (χ0v) is 19.4. The fourth-order valence-electron chi connectivity index (χ4n) is 5.65. The lowest BCUT2D eigenvalue weighted by Gasteiger charge is -2.36. The van der Waals surface area contributed by atoms with E-state index in [0.29, 0.717) is 0 Å². The average molecular weight is 479 g/mol. The number of amides is 2. The van der Waals surface area contributed by atoms with E-state index in [4.69, 9.17) is 4.74 Å². The van der Waals surface area contributed by atoms with Gasteiger partial charge in [0.15, 0.2) is 0 Å². The number of fused-ring (bicyclic) bond motifs is 3. The number of aliphatic hydroxyl groups excluding tert-OH is 1. The number of aliphatic carboxylic acids is 1. The molecule has 0 spiro atoms. The first-order valence-corrected chi connectivity index (χ1v) is 12.2. The van der Waals surface area contributed by atoms with E-state index in [9.17, 15) is 24.6 Å². The summed E-state index contributed by atoms with van der Waals surface area (Å²) >= 11 is 0. The van der Waals surface area contributed by atoms with Crippen LogP contribution in [0.15, 0.2) is 48.5 Å². The second-order valence-corrected chi connectivity index (χ2v) is 9.74. The van der Waals surface area contributed by atoms with Gasteiger partial charge in [0.1, 0.15) is 12.6 Å². The molecule has 184 valence electrons. The zero-order valence-electron chi connectivity index (χ0n) is 19.4. The molecule has 3 N–H and O–H groups in total. The molecule has 2 amide bonds. The Labute approximate surface area is 203 Å². The van der Waals surface area contributed by atoms with Gasteiger partial charge in [0.25, 0.3) is 0 Å². The Morgan fingerprint density at radius 2 is 1.66 bits per heavy atom. The maximum Gasteiger partial charge on any atom is 0.407 e. The van der Waals surface area contributed by atoms with Crippen molar-refractivity contribution in [3.8, 4) is 11.1 Å². The number of aliphatic hydroxyl groups is 1. The number of carboxylic acid groups (broad SMARTS) is 1. The number of carbonyl (C=O) groups is 3. The Hall–Kier alpha value is -3.39. The highest BCUT2D eigenvalue weighted by atomic mass is 16.5. The van der Waals surface area contributed by atoms with Gasteiger partial charge in [-0.2, -0.15) is 0 Å². The van der Waals surface area contributed by atoms with Crippen LogP contribution in [0.3, 0.4) is 0 Å². The molecule has 2 fully saturated rings. The van der Waals surface area contributed by atoms with Crippen LogP contribution >= 0.6 is 0 Å². The van der Waals surface area contributed by atoms with Crippen LogP contribution in [0.1, 0.15) is 42.7 Å². The van der Waals surface area contributed by atoms with Crippen LogP contribution < -0.4 is 5.32 Å². The molecule has 35 heavy (non-hydrogen) atoms. The first-order valence-electron chi connectivity index (χ1n) is 12.2. The maximum atomic E-state index is 13.3. The number of β-amino-alcohol motifs (C(OH)–C–C–N with tert-alkyl or cyclic N) is 1. The van der Waals surface area contributed by atoms with Crippen molar-refractivity contribution < 1.29 is 29.3 Å². The summed E-state index contributed by atoms with van der Waals surface area (Å²) in [5.41, 5.74) is 4.54. The van der Waals surface area contributed by atoms with Gasteiger partial charge in [-0.3, -0.25) is 4.79 Å². The van der Waals surface area contributed by atoms with Gasteiger partial charge < -0.3 is 25.2 Å². The molecule has 2 aliphatic carbocycles. The van der Waals surface area contributed by atoms with Crippen LogP contribution in [0.5, 0.6) is 0 Å². The molecule has 0 aromatic heterocycles. The Balaban J connectivity index is 1.22. The minimum absolute atomic E-state index is 0.00393. The van der Waals surface area contributed by atoms with Crippen molar-refractivity contribution in [3.05, 3.63) is 59.7 Å². The van der Waals surface area contributed by atoms with Crippen molar-refractivity contribution in [3.63, 3.8) is 0 Å². The van der Waals surface area contributed by atoms with Crippen molar-refractivity contribution in [1.82, 2.24) is 10.2 Å². The number of rotatable bonds is 7. The van der Waals surface area contributed by atoms with Crippen molar-refractivity contribution in [1.29, 1.82) is 0 Å².